The minimum Gasteiger partial charge on any atom is -0.273 e. The van der Waals surface area contributed by atoms with Gasteiger partial charge in [-0.15, -0.1) is 0 Å². The Labute approximate surface area is 60.8 Å². The zero-order valence-corrected chi connectivity index (χ0v) is 6.39. The molecule has 0 bridgehead atoms. The minimum absolute atomic E-state index is 0.297. The van der Waals surface area contributed by atoms with Gasteiger partial charge in [0.1, 0.15) is 0 Å². The SMILES string of the molecule is CCCCC(=O)[N]C(C)=O. The zero-order chi connectivity index (χ0) is 7.98. The Morgan fingerprint density at radius 1 is 1.40 bits per heavy atom. The molecule has 0 spiro atoms. The molecule has 0 N–H and O–H groups in total. The van der Waals surface area contributed by atoms with Gasteiger partial charge in [-0.3, -0.25) is 9.59 Å². The van der Waals surface area contributed by atoms with Crippen molar-refractivity contribution in [3.05, 3.63) is 0 Å². The van der Waals surface area contributed by atoms with Crippen LogP contribution in [0.2, 0.25) is 0 Å². The molecule has 0 aliphatic rings. The lowest BCUT2D eigenvalue weighted by atomic mass is 10.2. The van der Waals surface area contributed by atoms with Gasteiger partial charge in [0.2, 0.25) is 11.8 Å². The molecule has 0 aromatic carbocycles. The van der Waals surface area contributed by atoms with Crippen LogP contribution in [0.4, 0.5) is 0 Å². The van der Waals surface area contributed by atoms with Gasteiger partial charge in [-0.1, -0.05) is 13.3 Å². The molecule has 0 aliphatic carbocycles. The molecule has 3 heteroatoms. The molecule has 57 valence electrons. The van der Waals surface area contributed by atoms with Crippen LogP contribution in [0, 0.1) is 0 Å². The summed E-state index contributed by atoms with van der Waals surface area (Å²) in [4.78, 5) is 20.9. The molecule has 0 saturated carbocycles. The molecule has 0 aromatic heterocycles. The summed E-state index contributed by atoms with van der Waals surface area (Å²) in [6.07, 6.45) is 2.17. The molecule has 2 amide bonds. The van der Waals surface area contributed by atoms with E-state index in [0.29, 0.717) is 6.42 Å². The van der Waals surface area contributed by atoms with Crippen molar-refractivity contribution in [2.45, 2.75) is 33.1 Å². The van der Waals surface area contributed by atoms with Crippen molar-refractivity contribution >= 4 is 11.8 Å². The number of rotatable bonds is 3. The first-order valence-corrected chi connectivity index (χ1v) is 3.42. The summed E-state index contributed by atoms with van der Waals surface area (Å²) in [5, 5.41) is 3.24. The van der Waals surface area contributed by atoms with Crippen molar-refractivity contribution in [3.63, 3.8) is 0 Å². The first-order valence-electron chi connectivity index (χ1n) is 3.42. The second-order valence-corrected chi connectivity index (χ2v) is 2.13. The lowest BCUT2D eigenvalue weighted by Crippen LogP contribution is -2.19. The molecule has 0 unspecified atom stereocenters. The average molecular weight is 142 g/mol. The van der Waals surface area contributed by atoms with E-state index in [0.717, 1.165) is 12.8 Å². The van der Waals surface area contributed by atoms with Gasteiger partial charge < -0.3 is 0 Å². The Balaban J connectivity index is 3.35. The molecular formula is C7H12NO2. The van der Waals surface area contributed by atoms with Crippen LogP contribution in [0.25, 0.3) is 0 Å². The Kier molecular flexibility index (Phi) is 4.54. The molecule has 0 heterocycles. The lowest BCUT2D eigenvalue weighted by molar-refractivity contribution is -0.129. The topological polar surface area (TPSA) is 48.2 Å². The fourth-order valence-corrected chi connectivity index (χ4v) is 0.560. The Morgan fingerprint density at radius 3 is 2.40 bits per heavy atom. The fraction of sp³-hybridized carbons (Fsp3) is 0.714. The van der Waals surface area contributed by atoms with E-state index in [1.54, 1.807) is 0 Å². The molecule has 10 heavy (non-hydrogen) atoms. The van der Waals surface area contributed by atoms with Crippen molar-refractivity contribution in [1.29, 1.82) is 0 Å². The van der Waals surface area contributed by atoms with Crippen LogP contribution < -0.4 is 5.32 Å². The number of amides is 2. The third-order valence-corrected chi connectivity index (χ3v) is 1.03. The summed E-state index contributed by atoms with van der Waals surface area (Å²) in [6.45, 7) is 3.27. The van der Waals surface area contributed by atoms with E-state index < -0.39 is 5.91 Å². The molecular weight excluding hydrogens is 130 g/mol. The van der Waals surface area contributed by atoms with E-state index in [2.05, 4.69) is 5.32 Å². The van der Waals surface area contributed by atoms with Crippen molar-refractivity contribution in [2.24, 2.45) is 0 Å². The van der Waals surface area contributed by atoms with Crippen LogP contribution in [0.3, 0.4) is 0 Å². The maximum Gasteiger partial charge on any atom is 0.248 e. The first-order chi connectivity index (χ1) is 4.66. The van der Waals surface area contributed by atoms with Gasteiger partial charge in [0.15, 0.2) is 0 Å². The maximum atomic E-state index is 10.6. The summed E-state index contributed by atoms with van der Waals surface area (Å²) >= 11 is 0. The fourth-order valence-electron chi connectivity index (χ4n) is 0.560. The van der Waals surface area contributed by atoms with Crippen molar-refractivity contribution in [1.82, 2.24) is 5.32 Å². The van der Waals surface area contributed by atoms with Crippen molar-refractivity contribution in [2.75, 3.05) is 0 Å². The largest absolute Gasteiger partial charge is 0.273 e. The highest BCUT2D eigenvalue weighted by Gasteiger charge is 2.03. The van der Waals surface area contributed by atoms with Crippen LogP contribution in [0.5, 0.6) is 0 Å². The van der Waals surface area contributed by atoms with Gasteiger partial charge in [0.25, 0.3) is 0 Å². The van der Waals surface area contributed by atoms with Gasteiger partial charge in [0, 0.05) is 13.3 Å². The molecule has 0 aliphatic heterocycles. The molecule has 0 atom stereocenters. The van der Waals surface area contributed by atoms with Crippen LogP contribution in [-0.2, 0) is 9.59 Å². The monoisotopic (exact) mass is 142 g/mol. The maximum absolute atomic E-state index is 10.6. The number of unbranched alkanes of at least 4 members (excludes halogenated alkanes) is 1. The molecule has 0 saturated heterocycles. The van der Waals surface area contributed by atoms with Crippen molar-refractivity contribution < 1.29 is 9.59 Å². The third kappa shape index (κ3) is 5.28. The smallest absolute Gasteiger partial charge is 0.248 e. The van der Waals surface area contributed by atoms with Crippen molar-refractivity contribution in [3.8, 4) is 0 Å². The van der Waals surface area contributed by atoms with E-state index >= 15 is 0 Å². The Bertz CT molecular complexity index is 132. The van der Waals surface area contributed by atoms with E-state index in [-0.39, 0.29) is 5.91 Å². The number of carbonyl (C=O) groups excluding carboxylic acids is 2. The Morgan fingerprint density at radius 2 is 2.00 bits per heavy atom. The second kappa shape index (κ2) is 4.97. The quantitative estimate of drug-likeness (QED) is 0.586. The predicted molar refractivity (Wildman–Crippen MR) is 37.3 cm³/mol. The zero-order valence-electron chi connectivity index (χ0n) is 6.39. The number of hydrogen-bond donors (Lipinski definition) is 0. The van der Waals surface area contributed by atoms with E-state index in [1.165, 1.54) is 6.92 Å². The summed E-state index contributed by atoms with van der Waals surface area (Å²) in [7, 11) is 0. The van der Waals surface area contributed by atoms with Crippen LogP contribution in [0.1, 0.15) is 33.1 Å². The number of carbonyl (C=O) groups is 2. The molecule has 1 radical (unpaired) electrons. The van der Waals surface area contributed by atoms with Gasteiger partial charge in [-0.05, 0) is 6.42 Å². The van der Waals surface area contributed by atoms with Crippen LogP contribution >= 0.6 is 0 Å². The normalized spacial score (nSPS) is 9.00. The molecule has 3 nitrogen and oxygen atoms in total. The second-order valence-electron chi connectivity index (χ2n) is 2.13. The number of nitrogens with zero attached hydrogens (tertiary/aromatic N) is 1. The summed E-state index contributed by atoms with van der Waals surface area (Å²) in [5.74, 6) is -0.699. The number of hydrogen-bond acceptors (Lipinski definition) is 2. The van der Waals surface area contributed by atoms with E-state index in [4.69, 9.17) is 0 Å². The first kappa shape index (κ1) is 9.14. The van der Waals surface area contributed by atoms with Gasteiger partial charge in [-0.25, -0.2) is 0 Å². The minimum atomic E-state index is -0.402. The number of imide groups is 1. The highest BCUT2D eigenvalue weighted by Crippen LogP contribution is 1.93. The Hall–Kier alpha value is -0.860. The molecule has 0 aromatic rings. The standard InChI is InChI=1S/C7H12NO2/c1-3-4-5-7(10)8-6(2)9/h3-5H2,1-2H3. The average Bonchev–Trinajstić information content (AvgIpc) is 1.82. The highest BCUT2D eigenvalue weighted by atomic mass is 16.2. The summed E-state index contributed by atoms with van der Waals surface area (Å²) in [5.41, 5.74) is 0. The van der Waals surface area contributed by atoms with Crippen LogP contribution in [-0.4, -0.2) is 11.8 Å². The van der Waals surface area contributed by atoms with Crippen LogP contribution in [0.15, 0.2) is 0 Å². The predicted octanol–water partition coefficient (Wildman–Crippen LogP) is 0.854. The summed E-state index contributed by atoms with van der Waals surface area (Å²) in [6, 6.07) is 0. The van der Waals surface area contributed by atoms with Gasteiger partial charge in [-0.2, -0.15) is 5.32 Å². The third-order valence-electron chi connectivity index (χ3n) is 1.03. The molecule has 0 rings (SSSR count). The van der Waals surface area contributed by atoms with Gasteiger partial charge in [0.05, 0.1) is 0 Å². The van der Waals surface area contributed by atoms with E-state index in [1.807, 2.05) is 6.92 Å². The highest BCUT2D eigenvalue weighted by molar-refractivity contribution is 5.93. The van der Waals surface area contributed by atoms with Gasteiger partial charge >= 0.3 is 0 Å². The summed E-state index contributed by atoms with van der Waals surface area (Å²) < 4.78 is 0. The lowest BCUT2D eigenvalue weighted by Gasteiger charge is -1.94. The van der Waals surface area contributed by atoms with E-state index in [9.17, 15) is 9.59 Å². The molecule has 0 fully saturated rings.